The van der Waals surface area contributed by atoms with Gasteiger partial charge in [0.1, 0.15) is 0 Å². The van der Waals surface area contributed by atoms with Crippen molar-refractivity contribution in [1.82, 2.24) is 0 Å². The molecule has 0 radical (unpaired) electrons. The topological polar surface area (TPSA) is 58.9 Å². The van der Waals surface area contributed by atoms with Crippen molar-refractivity contribution >= 4 is 11.7 Å². The fourth-order valence-electron chi connectivity index (χ4n) is 1.86. The highest BCUT2D eigenvalue weighted by Gasteiger charge is 2.76. The zero-order valence-electron chi connectivity index (χ0n) is 10.5. The van der Waals surface area contributed by atoms with Gasteiger partial charge < -0.3 is 9.94 Å². The molecule has 1 aromatic carbocycles. The molecule has 0 unspecified atom stereocenters. The van der Waals surface area contributed by atoms with Gasteiger partial charge in [0.15, 0.2) is 0 Å². The summed E-state index contributed by atoms with van der Waals surface area (Å²) in [5.74, 6) is -1.28. The van der Waals surface area contributed by atoms with Gasteiger partial charge in [0.2, 0.25) is 0 Å². The minimum atomic E-state index is -5.70. The molecule has 0 atom stereocenters. The number of carboxylic acids is 1. The number of halogens is 6. The zero-order chi connectivity index (χ0) is 16.8. The molecule has 1 aromatic rings. The Kier molecular flexibility index (Phi) is 3.58. The summed E-state index contributed by atoms with van der Waals surface area (Å²) >= 11 is 0. The van der Waals surface area contributed by atoms with Crippen LogP contribution in [0.5, 0.6) is 0 Å². The van der Waals surface area contributed by atoms with Gasteiger partial charge in [0, 0.05) is 0 Å². The molecule has 1 aliphatic heterocycles. The second-order valence-corrected chi connectivity index (χ2v) is 4.51. The van der Waals surface area contributed by atoms with Gasteiger partial charge in [-0.05, 0) is 17.7 Å². The quantitative estimate of drug-likeness (QED) is 0.847. The first kappa shape index (κ1) is 16.1. The first-order valence-electron chi connectivity index (χ1n) is 5.70. The van der Waals surface area contributed by atoms with Crippen LogP contribution in [-0.4, -0.2) is 34.7 Å². The van der Waals surface area contributed by atoms with Gasteiger partial charge in [-0.2, -0.15) is 26.3 Å². The summed E-state index contributed by atoms with van der Waals surface area (Å²) in [6.07, 6.45) is -12.9. The molecule has 0 saturated carbocycles. The van der Waals surface area contributed by atoms with Crippen molar-refractivity contribution in [3.63, 3.8) is 0 Å². The van der Waals surface area contributed by atoms with E-state index in [9.17, 15) is 31.1 Å². The lowest BCUT2D eigenvalue weighted by atomic mass is 9.92. The zero-order valence-corrected chi connectivity index (χ0v) is 10.5. The van der Waals surface area contributed by atoms with Crippen LogP contribution in [-0.2, 0) is 4.84 Å². The number of oxime groups is 1. The third-order valence-electron chi connectivity index (χ3n) is 3.11. The van der Waals surface area contributed by atoms with E-state index in [1.54, 1.807) is 0 Å². The highest BCUT2D eigenvalue weighted by Crippen LogP contribution is 2.51. The van der Waals surface area contributed by atoms with E-state index in [0.29, 0.717) is 0 Å². The number of benzene rings is 1. The number of aromatic carboxylic acids is 1. The molecule has 1 aliphatic rings. The molecular weight excluding hydrogens is 320 g/mol. The van der Waals surface area contributed by atoms with E-state index < -0.39 is 36.1 Å². The lowest BCUT2D eigenvalue weighted by Crippen LogP contribution is -2.56. The number of rotatable bonds is 2. The number of alkyl halides is 6. The molecular formula is C12H7F6NO3. The summed E-state index contributed by atoms with van der Waals surface area (Å²) in [5, 5.41) is 11.6. The largest absolute Gasteiger partial charge is 0.478 e. The van der Waals surface area contributed by atoms with Crippen molar-refractivity contribution in [2.45, 2.75) is 24.4 Å². The van der Waals surface area contributed by atoms with Crippen LogP contribution in [0.4, 0.5) is 26.3 Å². The van der Waals surface area contributed by atoms with Gasteiger partial charge in [-0.3, -0.25) is 0 Å². The fraction of sp³-hybridized carbons (Fsp3) is 0.333. The van der Waals surface area contributed by atoms with Crippen LogP contribution in [0.25, 0.3) is 0 Å². The molecule has 1 heterocycles. The van der Waals surface area contributed by atoms with Crippen molar-refractivity contribution in [2.75, 3.05) is 0 Å². The average molecular weight is 327 g/mol. The Morgan fingerprint density at radius 2 is 1.59 bits per heavy atom. The Morgan fingerprint density at radius 3 is 1.95 bits per heavy atom. The number of hydrogen-bond donors (Lipinski definition) is 1. The molecule has 22 heavy (non-hydrogen) atoms. The third-order valence-corrected chi connectivity index (χ3v) is 3.11. The van der Waals surface area contributed by atoms with Crippen molar-refractivity contribution in [2.24, 2.45) is 5.16 Å². The average Bonchev–Trinajstić information content (AvgIpc) is 2.84. The van der Waals surface area contributed by atoms with E-state index in [4.69, 9.17) is 5.11 Å². The Hall–Kier alpha value is -2.26. The molecule has 120 valence electrons. The normalized spacial score (nSPS) is 17.8. The van der Waals surface area contributed by atoms with Gasteiger partial charge in [-0.15, -0.1) is 0 Å². The Balaban J connectivity index is 2.32. The summed E-state index contributed by atoms with van der Waals surface area (Å²) in [5.41, 5.74) is -5.20. The molecule has 0 aromatic heterocycles. The van der Waals surface area contributed by atoms with Crippen LogP contribution < -0.4 is 0 Å². The molecule has 0 bridgehead atoms. The first-order chi connectivity index (χ1) is 9.98. The molecule has 0 spiro atoms. The van der Waals surface area contributed by atoms with Crippen molar-refractivity contribution < 1.29 is 41.1 Å². The monoisotopic (exact) mass is 327 g/mol. The van der Waals surface area contributed by atoms with Gasteiger partial charge in [-0.25, -0.2) is 4.79 Å². The second kappa shape index (κ2) is 4.89. The van der Waals surface area contributed by atoms with Crippen LogP contribution in [0.15, 0.2) is 29.4 Å². The van der Waals surface area contributed by atoms with E-state index in [0.717, 1.165) is 24.3 Å². The molecule has 2 rings (SSSR count). The molecule has 1 N–H and O–H groups in total. The molecule has 4 nitrogen and oxygen atoms in total. The van der Waals surface area contributed by atoms with Crippen molar-refractivity contribution in [1.29, 1.82) is 0 Å². The number of carboxylic acid groups (broad SMARTS) is 1. The minimum Gasteiger partial charge on any atom is -0.478 e. The Morgan fingerprint density at radius 1 is 1.09 bits per heavy atom. The lowest BCUT2D eigenvalue weighted by Gasteiger charge is -2.30. The van der Waals surface area contributed by atoms with Gasteiger partial charge in [0.05, 0.1) is 17.7 Å². The maximum atomic E-state index is 12.8. The highest BCUT2D eigenvalue weighted by molar-refractivity contribution is 6.02. The molecule has 0 amide bonds. The van der Waals surface area contributed by atoms with E-state index >= 15 is 0 Å². The Bertz CT molecular complexity index is 603. The first-order valence-corrected chi connectivity index (χ1v) is 5.70. The number of carbonyl (C=O) groups is 1. The fourth-order valence-corrected chi connectivity index (χ4v) is 1.86. The van der Waals surface area contributed by atoms with Crippen LogP contribution in [0.3, 0.4) is 0 Å². The van der Waals surface area contributed by atoms with Crippen molar-refractivity contribution in [3.05, 3.63) is 35.4 Å². The summed E-state index contributed by atoms with van der Waals surface area (Å²) in [4.78, 5) is 14.4. The lowest BCUT2D eigenvalue weighted by molar-refractivity contribution is -0.373. The highest BCUT2D eigenvalue weighted by atomic mass is 19.4. The van der Waals surface area contributed by atoms with E-state index in [2.05, 4.69) is 9.99 Å². The Labute approximate surface area is 119 Å². The van der Waals surface area contributed by atoms with E-state index in [-0.39, 0.29) is 11.1 Å². The maximum Gasteiger partial charge on any atom is 0.440 e. The van der Waals surface area contributed by atoms with Gasteiger partial charge in [0.25, 0.3) is 0 Å². The number of hydrogen-bond acceptors (Lipinski definition) is 3. The standard InChI is InChI=1S/C12H7F6NO3/c13-11(14,15)10(12(16,17)18)5-8(19-22-10)6-1-3-7(4-2-6)9(20)21/h1-4H,5H2,(H,20,21). The minimum absolute atomic E-state index is 0.0830. The summed E-state index contributed by atoms with van der Waals surface area (Å²) < 4.78 is 76.6. The smallest absolute Gasteiger partial charge is 0.440 e. The second-order valence-electron chi connectivity index (χ2n) is 4.51. The van der Waals surface area contributed by atoms with Crippen molar-refractivity contribution in [3.8, 4) is 0 Å². The summed E-state index contributed by atoms with van der Waals surface area (Å²) in [6, 6.07) is 4.21. The van der Waals surface area contributed by atoms with Crippen LogP contribution in [0.2, 0.25) is 0 Å². The predicted molar refractivity (Wildman–Crippen MR) is 60.5 cm³/mol. The molecule has 0 saturated heterocycles. The number of nitrogens with zero attached hydrogens (tertiary/aromatic N) is 1. The summed E-state index contributed by atoms with van der Waals surface area (Å²) in [6.45, 7) is 0. The van der Waals surface area contributed by atoms with Gasteiger partial charge >= 0.3 is 23.9 Å². The van der Waals surface area contributed by atoms with E-state index in [1.165, 1.54) is 0 Å². The molecule has 10 heteroatoms. The third kappa shape index (κ3) is 2.48. The van der Waals surface area contributed by atoms with Crippen LogP contribution in [0.1, 0.15) is 22.3 Å². The van der Waals surface area contributed by atoms with Crippen LogP contribution >= 0.6 is 0 Å². The van der Waals surface area contributed by atoms with Gasteiger partial charge in [-0.1, -0.05) is 17.3 Å². The SMILES string of the molecule is O=C(O)c1ccc(C2=NOC(C(F)(F)F)(C(F)(F)F)C2)cc1. The maximum absolute atomic E-state index is 12.8. The summed E-state index contributed by atoms with van der Waals surface area (Å²) in [7, 11) is 0. The predicted octanol–water partition coefficient (Wildman–Crippen LogP) is 3.37. The van der Waals surface area contributed by atoms with E-state index in [1.807, 2.05) is 0 Å². The molecule has 0 aliphatic carbocycles. The molecule has 0 fully saturated rings. The van der Waals surface area contributed by atoms with Crippen LogP contribution in [0, 0.1) is 0 Å².